The molecule has 0 aliphatic carbocycles. The molecule has 2 aromatic carbocycles. The number of aryl methyl sites for hydroxylation is 2. The molecule has 0 atom stereocenters. The van der Waals surface area contributed by atoms with Crippen LogP contribution in [0.25, 0.3) is 10.1 Å². The van der Waals surface area contributed by atoms with Crippen LogP contribution < -0.4 is 20.3 Å². The predicted octanol–water partition coefficient (Wildman–Crippen LogP) is 4.67. The molecule has 9 heteroatoms. The van der Waals surface area contributed by atoms with Crippen LogP contribution >= 0.6 is 34.5 Å². The molecule has 152 valence electrons. The fraction of sp³-hybridized carbons (Fsp3) is 0.200. The Bertz CT molecular complexity index is 1070. The second kappa shape index (κ2) is 8.90. The van der Waals surface area contributed by atoms with Crippen LogP contribution in [0, 0.1) is 13.8 Å². The molecular weight excluding hydrogens is 435 g/mol. The third-order valence-electron chi connectivity index (χ3n) is 4.14. The lowest BCUT2D eigenvalue weighted by molar-refractivity contribution is -0.123. The molecule has 29 heavy (non-hydrogen) atoms. The first-order valence-corrected chi connectivity index (χ1v) is 10.1. The third kappa shape index (κ3) is 4.75. The van der Waals surface area contributed by atoms with Crippen molar-refractivity contribution in [3.63, 3.8) is 0 Å². The first kappa shape index (κ1) is 21.2. The monoisotopic (exact) mass is 452 g/mol. The van der Waals surface area contributed by atoms with Crippen LogP contribution in [0.5, 0.6) is 11.5 Å². The van der Waals surface area contributed by atoms with Crippen LogP contribution in [0.3, 0.4) is 0 Å². The van der Waals surface area contributed by atoms with Crippen molar-refractivity contribution in [2.75, 3.05) is 13.7 Å². The summed E-state index contributed by atoms with van der Waals surface area (Å²) in [6.45, 7) is 3.44. The number of methoxy groups -OCH3 is 1. The molecule has 3 aromatic rings. The number of thiophene rings is 1. The van der Waals surface area contributed by atoms with Crippen LogP contribution in [-0.2, 0) is 4.79 Å². The Morgan fingerprint density at radius 3 is 2.34 bits per heavy atom. The van der Waals surface area contributed by atoms with Crippen molar-refractivity contribution in [3.8, 4) is 11.5 Å². The van der Waals surface area contributed by atoms with Gasteiger partial charge in [0.15, 0.2) is 6.61 Å². The summed E-state index contributed by atoms with van der Waals surface area (Å²) in [5.74, 6) is 0.164. The SMILES string of the molecule is COc1ccc2c(Cl)c(C(=O)NNC(=O)COc3cc(C)c(Cl)c(C)c3)sc2c1. The van der Waals surface area contributed by atoms with Gasteiger partial charge in [0.1, 0.15) is 16.4 Å². The molecule has 0 unspecified atom stereocenters. The highest BCUT2D eigenvalue weighted by Gasteiger charge is 2.18. The van der Waals surface area contributed by atoms with Crippen LogP contribution in [0.15, 0.2) is 30.3 Å². The largest absolute Gasteiger partial charge is 0.497 e. The van der Waals surface area contributed by atoms with Crippen molar-refractivity contribution in [2.24, 2.45) is 0 Å². The standard InChI is InChI=1S/C20H18Cl2N2O4S/c1-10-6-13(7-11(2)17(10)21)28-9-16(25)23-24-20(26)19-18(22)14-5-4-12(27-3)8-15(14)29-19/h4-8H,9H2,1-3H3,(H,23,25)(H,24,26). The maximum atomic E-state index is 12.4. The van der Waals surface area contributed by atoms with Gasteiger partial charge in [0, 0.05) is 15.1 Å². The van der Waals surface area contributed by atoms with Gasteiger partial charge in [-0.3, -0.25) is 20.4 Å². The van der Waals surface area contributed by atoms with E-state index in [2.05, 4.69) is 10.9 Å². The summed E-state index contributed by atoms with van der Waals surface area (Å²) in [7, 11) is 1.56. The molecule has 0 radical (unpaired) electrons. The highest BCUT2D eigenvalue weighted by Crippen LogP contribution is 2.37. The number of hydrogen-bond donors (Lipinski definition) is 2. The minimum Gasteiger partial charge on any atom is -0.497 e. The van der Waals surface area contributed by atoms with Gasteiger partial charge in [-0.15, -0.1) is 11.3 Å². The topological polar surface area (TPSA) is 76.7 Å². The van der Waals surface area contributed by atoms with Gasteiger partial charge in [-0.2, -0.15) is 0 Å². The maximum absolute atomic E-state index is 12.4. The van der Waals surface area contributed by atoms with Gasteiger partial charge in [0.05, 0.1) is 12.1 Å². The number of halogens is 2. The molecule has 6 nitrogen and oxygen atoms in total. The molecule has 3 rings (SSSR count). The number of rotatable bonds is 5. The van der Waals surface area contributed by atoms with E-state index < -0.39 is 11.8 Å². The van der Waals surface area contributed by atoms with Gasteiger partial charge >= 0.3 is 0 Å². The summed E-state index contributed by atoms with van der Waals surface area (Å²) in [5.41, 5.74) is 6.38. The molecular formula is C20H18Cl2N2O4S. The van der Waals surface area contributed by atoms with Crippen molar-refractivity contribution < 1.29 is 19.1 Å². The van der Waals surface area contributed by atoms with Crippen LogP contribution in [0.2, 0.25) is 10.0 Å². The third-order valence-corrected chi connectivity index (χ3v) is 6.39. The van der Waals surface area contributed by atoms with Gasteiger partial charge in [-0.25, -0.2) is 0 Å². The number of carbonyl (C=O) groups excluding carboxylic acids is 2. The van der Waals surface area contributed by atoms with E-state index in [0.29, 0.717) is 26.4 Å². The molecule has 1 heterocycles. The predicted molar refractivity (Wildman–Crippen MR) is 115 cm³/mol. The first-order valence-electron chi connectivity index (χ1n) is 8.55. The van der Waals surface area contributed by atoms with Crippen molar-refractivity contribution in [1.82, 2.24) is 10.9 Å². The lowest BCUT2D eigenvalue weighted by Crippen LogP contribution is -2.43. The van der Waals surface area contributed by atoms with E-state index >= 15 is 0 Å². The van der Waals surface area contributed by atoms with Gasteiger partial charge in [-0.1, -0.05) is 23.2 Å². The number of fused-ring (bicyclic) bond motifs is 1. The molecule has 1 aromatic heterocycles. The minimum absolute atomic E-state index is 0.266. The zero-order valence-corrected chi connectivity index (χ0v) is 18.2. The molecule has 2 N–H and O–H groups in total. The fourth-order valence-electron chi connectivity index (χ4n) is 2.68. The molecule has 0 bridgehead atoms. The molecule has 0 saturated carbocycles. The molecule has 2 amide bonds. The van der Waals surface area contributed by atoms with E-state index in [1.165, 1.54) is 11.3 Å². The van der Waals surface area contributed by atoms with E-state index in [1.54, 1.807) is 37.4 Å². The Hall–Kier alpha value is -2.48. The molecule has 0 spiro atoms. The second-order valence-corrected chi connectivity index (χ2v) is 8.08. The highest BCUT2D eigenvalue weighted by molar-refractivity contribution is 7.21. The zero-order chi connectivity index (χ0) is 21.1. The lowest BCUT2D eigenvalue weighted by atomic mass is 10.1. The number of nitrogens with one attached hydrogen (secondary N) is 2. The Balaban J connectivity index is 1.59. The number of amides is 2. The maximum Gasteiger partial charge on any atom is 0.281 e. The summed E-state index contributed by atoms with van der Waals surface area (Å²) < 4.78 is 11.4. The van der Waals surface area contributed by atoms with E-state index in [-0.39, 0.29) is 6.61 Å². The summed E-state index contributed by atoms with van der Waals surface area (Å²) in [5, 5.41) is 1.72. The minimum atomic E-state index is -0.512. The second-order valence-electron chi connectivity index (χ2n) is 6.27. The number of hydrazine groups is 1. The highest BCUT2D eigenvalue weighted by atomic mass is 35.5. The Morgan fingerprint density at radius 2 is 1.69 bits per heavy atom. The Morgan fingerprint density at radius 1 is 1.00 bits per heavy atom. The number of ether oxygens (including phenoxy) is 2. The van der Waals surface area contributed by atoms with Crippen molar-refractivity contribution >= 4 is 56.4 Å². The zero-order valence-electron chi connectivity index (χ0n) is 15.9. The Labute approximate surface area is 181 Å². The first-order chi connectivity index (χ1) is 13.8. The van der Waals surface area contributed by atoms with Gasteiger partial charge in [0.25, 0.3) is 11.8 Å². The molecule has 0 fully saturated rings. The van der Waals surface area contributed by atoms with Crippen molar-refractivity contribution in [2.45, 2.75) is 13.8 Å². The quantitative estimate of drug-likeness (QED) is 0.551. The molecule has 0 aliphatic rings. The molecule has 0 saturated heterocycles. The van der Waals surface area contributed by atoms with Gasteiger partial charge in [0.2, 0.25) is 0 Å². The average molecular weight is 453 g/mol. The van der Waals surface area contributed by atoms with E-state index in [4.69, 9.17) is 32.7 Å². The lowest BCUT2D eigenvalue weighted by Gasteiger charge is -2.10. The van der Waals surface area contributed by atoms with E-state index in [9.17, 15) is 9.59 Å². The fourth-order valence-corrected chi connectivity index (χ4v) is 4.23. The Kier molecular flexibility index (Phi) is 6.52. The number of carbonyl (C=O) groups is 2. The van der Waals surface area contributed by atoms with Crippen LogP contribution in [0.4, 0.5) is 0 Å². The summed E-state index contributed by atoms with van der Waals surface area (Å²) in [6, 6.07) is 8.83. The number of benzene rings is 2. The smallest absolute Gasteiger partial charge is 0.281 e. The van der Waals surface area contributed by atoms with Crippen molar-refractivity contribution in [3.05, 3.63) is 56.4 Å². The average Bonchev–Trinajstić information content (AvgIpc) is 3.04. The normalized spacial score (nSPS) is 10.7. The van der Waals surface area contributed by atoms with Gasteiger partial charge in [-0.05, 0) is 55.3 Å². The van der Waals surface area contributed by atoms with Crippen LogP contribution in [-0.4, -0.2) is 25.5 Å². The van der Waals surface area contributed by atoms with Gasteiger partial charge < -0.3 is 9.47 Å². The van der Waals surface area contributed by atoms with Crippen molar-refractivity contribution in [1.29, 1.82) is 0 Å². The van der Waals surface area contributed by atoms with Crippen LogP contribution in [0.1, 0.15) is 20.8 Å². The summed E-state index contributed by atoms with van der Waals surface area (Å²) in [6.07, 6.45) is 0. The number of hydrogen-bond acceptors (Lipinski definition) is 5. The summed E-state index contributed by atoms with van der Waals surface area (Å²) in [4.78, 5) is 24.7. The molecule has 0 aliphatic heterocycles. The summed E-state index contributed by atoms with van der Waals surface area (Å²) >= 11 is 13.6. The van der Waals surface area contributed by atoms with E-state index in [0.717, 1.165) is 21.2 Å². The van der Waals surface area contributed by atoms with E-state index in [1.807, 2.05) is 13.8 Å².